The average Bonchev–Trinajstić information content (AvgIpc) is 2.95. The first kappa shape index (κ1) is 12.8. The normalized spacial score (nSPS) is 15.6. The molecule has 1 aliphatic rings. The van der Waals surface area contributed by atoms with Crippen molar-refractivity contribution in [2.75, 3.05) is 5.43 Å². The fourth-order valence-corrected chi connectivity index (χ4v) is 2.81. The summed E-state index contributed by atoms with van der Waals surface area (Å²) in [5, 5.41) is 0.510. The van der Waals surface area contributed by atoms with E-state index in [2.05, 4.69) is 10.4 Å². The number of nitrogens with one attached hydrogen (secondary N) is 1. The van der Waals surface area contributed by atoms with Gasteiger partial charge in [-0.2, -0.15) is 0 Å². The van der Waals surface area contributed by atoms with Gasteiger partial charge in [-0.3, -0.25) is 15.0 Å². The van der Waals surface area contributed by atoms with Crippen LogP contribution in [0, 0.1) is 5.92 Å². The first-order chi connectivity index (χ1) is 9.74. The van der Waals surface area contributed by atoms with Crippen LogP contribution in [0.5, 0.6) is 0 Å². The van der Waals surface area contributed by atoms with Gasteiger partial charge >= 0.3 is 0 Å². The van der Waals surface area contributed by atoms with Gasteiger partial charge in [-0.25, -0.2) is 9.66 Å². The lowest BCUT2D eigenvalue weighted by Crippen LogP contribution is -2.33. The predicted octanol–water partition coefficient (Wildman–Crippen LogP) is 2.05. The smallest absolute Gasteiger partial charge is 0.273 e. The second-order valence-corrected chi connectivity index (χ2v) is 5.33. The molecule has 1 fully saturated rings. The highest BCUT2D eigenvalue weighted by Crippen LogP contribution is 2.27. The molecule has 1 aliphatic carbocycles. The van der Waals surface area contributed by atoms with Crippen molar-refractivity contribution < 1.29 is 4.79 Å². The maximum Gasteiger partial charge on any atom is 0.280 e. The molecule has 5 nitrogen and oxygen atoms in total. The van der Waals surface area contributed by atoms with E-state index in [9.17, 15) is 9.59 Å². The molecule has 1 aromatic heterocycles. The zero-order chi connectivity index (χ0) is 13.9. The van der Waals surface area contributed by atoms with Gasteiger partial charge in [-0.1, -0.05) is 25.0 Å². The summed E-state index contributed by atoms with van der Waals surface area (Å²) in [5.41, 5.74) is 3.03. The SMILES string of the molecule is O=C(CC1CCCC1)Nn1cnc2ccccc2c1=O. The van der Waals surface area contributed by atoms with Crippen molar-refractivity contribution in [1.29, 1.82) is 0 Å². The fourth-order valence-electron chi connectivity index (χ4n) is 2.81. The number of hydrogen-bond acceptors (Lipinski definition) is 3. The highest BCUT2D eigenvalue weighted by molar-refractivity contribution is 5.84. The molecule has 0 saturated heterocycles. The molecule has 2 aromatic rings. The number of nitrogens with zero attached hydrogens (tertiary/aromatic N) is 2. The van der Waals surface area contributed by atoms with E-state index in [0.29, 0.717) is 23.2 Å². The lowest BCUT2D eigenvalue weighted by Gasteiger charge is -2.11. The van der Waals surface area contributed by atoms with Gasteiger partial charge in [-0.05, 0) is 30.9 Å². The second-order valence-electron chi connectivity index (χ2n) is 5.33. The van der Waals surface area contributed by atoms with E-state index in [1.54, 1.807) is 18.2 Å². The third kappa shape index (κ3) is 2.57. The zero-order valence-electron chi connectivity index (χ0n) is 11.2. The first-order valence-corrected chi connectivity index (χ1v) is 7.00. The fraction of sp³-hybridized carbons (Fsp3) is 0.400. The van der Waals surface area contributed by atoms with E-state index >= 15 is 0 Å². The summed E-state index contributed by atoms with van der Waals surface area (Å²) in [6.45, 7) is 0. The molecule has 1 heterocycles. The summed E-state index contributed by atoms with van der Waals surface area (Å²) >= 11 is 0. The summed E-state index contributed by atoms with van der Waals surface area (Å²) < 4.78 is 1.18. The molecule has 1 amide bonds. The summed E-state index contributed by atoms with van der Waals surface area (Å²) in [4.78, 5) is 28.3. The van der Waals surface area contributed by atoms with Crippen LogP contribution in [0.1, 0.15) is 32.1 Å². The summed E-state index contributed by atoms with van der Waals surface area (Å²) in [7, 11) is 0. The quantitative estimate of drug-likeness (QED) is 0.929. The van der Waals surface area contributed by atoms with Gasteiger partial charge in [-0.15, -0.1) is 0 Å². The van der Waals surface area contributed by atoms with Crippen molar-refractivity contribution in [3.63, 3.8) is 0 Å². The number of benzene rings is 1. The van der Waals surface area contributed by atoms with Crippen LogP contribution in [0.25, 0.3) is 10.9 Å². The number of amides is 1. The molecule has 1 saturated carbocycles. The Morgan fingerprint density at radius 3 is 2.85 bits per heavy atom. The largest absolute Gasteiger partial charge is 0.280 e. The van der Waals surface area contributed by atoms with Crippen LogP contribution in [0.4, 0.5) is 0 Å². The Morgan fingerprint density at radius 1 is 1.30 bits per heavy atom. The minimum absolute atomic E-state index is 0.115. The monoisotopic (exact) mass is 271 g/mol. The van der Waals surface area contributed by atoms with Crippen LogP contribution in [-0.4, -0.2) is 15.6 Å². The van der Waals surface area contributed by atoms with Crippen molar-refractivity contribution in [3.05, 3.63) is 40.9 Å². The minimum atomic E-state index is -0.240. The van der Waals surface area contributed by atoms with E-state index < -0.39 is 0 Å². The molecule has 5 heteroatoms. The van der Waals surface area contributed by atoms with Crippen molar-refractivity contribution >= 4 is 16.8 Å². The van der Waals surface area contributed by atoms with Gasteiger partial charge in [0.25, 0.3) is 5.56 Å². The number of rotatable bonds is 3. The summed E-state index contributed by atoms with van der Waals surface area (Å²) in [6.07, 6.45) is 6.48. The highest BCUT2D eigenvalue weighted by Gasteiger charge is 2.18. The summed E-state index contributed by atoms with van der Waals surface area (Å²) in [5.74, 6) is 0.343. The van der Waals surface area contributed by atoms with Crippen LogP contribution in [0.2, 0.25) is 0 Å². The third-order valence-corrected chi connectivity index (χ3v) is 3.86. The Balaban J connectivity index is 1.78. The van der Waals surface area contributed by atoms with Gasteiger partial charge in [0.15, 0.2) is 0 Å². The summed E-state index contributed by atoms with van der Waals surface area (Å²) in [6, 6.07) is 7.11. The number of fused-ring (bicyclic) bond motifs is 1. The Bertz CT molecular complexity index is 687. The number of carbonyl (C=O) groups excluding carboxylic acids is 1. The van der Waals surface area contributed by atoms with E-state index in [-0.39, 0.29) is 11.5 Å². The lowest BCUT2D eigenvalue weighted by atomic mass is 10.0. The lowest BCUT2D eigenvalue weighted by molar-refractivity contribution is -0.118. The zero-order valence-corrected chi connectivity index (χ0v) is 11.2. The van der Waals surface area contributed by atoms with E-state index in [4.69, 9.17) is 0 Å². The van der Waals surface area contributed by atoms with E-state index in [1.807, 2.05) is 6.07 Å². The number of carbonyl (C=O) groups is 1. The molecule has 0 atom stereocenters. The molecule has 0 bridgehead atoms. The van der Waals surface area contributed by atoms with Crippen LogP contribution < -0.4 is 11.0 Å². The molecular formula is C15H17N3O2. The van der Waals surface area contributed by atoms with Gasteiger partial charge < -0.3 is 0 Å². The molecule has 3 rings (SSSR count). The van der Waals surface area contributed by atoms with Crippen LogP contribution in [-0.2, 0) is 4.79 Å². The molecule has 0 aliphatic heterocycles. The number of aromatic nitrogens is 2. The van der Waals surface area contributed by atoms with Crippen molar-refractivity contribution in [1.82, 2.24) is 9.66 Å². The Kier molecular flexibility index (Phi) is 3.50. The predicted molar refractivity (Wildman–Crippen MR) is 76.9 cm³/mol. The van der Waals surface area contributed by atoms with Gasteiger partial charge in [0.1, 0.15) is 6.33 Å². The molecule has 0 spiro atoms. The molecule has 1 aromatic carbocycles. The topological polar surface area (TPSA) is 64.0 Å². The van der Waals surface area contributed by atoms with Gasteiger partial charge in [0.05, 0.1) is 10.9 Å². The maximum absolute atomic E-state index is 12.2. The van der Waals surface area contributed by atoms with Crippen molar-refractivity contribution in [2.24, 2.45) is 5.92 Å². The van der Waals surface area contributed by atoms with E-state index in [1.165, 1.54) is 23.8 Å². The number of para-hydroxylation sites is 1. The Labute approximate surface area is 116 Å². The highest BCUT2D eigenvalue weighted by atomic mass is 16.2. The second kappa shape index (κ2) is 5.45. The van der Waals surface area contributed by atoms with Gasteiger partial charge in [0.2, 0.25) is 5.91 Å². The van der Waals surface area contributed by atoms with Crippen LogP contribution in [0.3, 0.4) is 0 Å². The molecule has 20 heavy (non-hydrogen) atoms. The van der Waals surface area contributed by atoms with Crippen LogP contribution in [0.15, 0.2) is 35.4 Å². The van der Waals surface area contributed by atoms with Crippen molar-refractivity contribution in [3.8, 4) is 0 Å². The third-order valence-electron chi connectivity index (χ3n) is 3.86. The van der Waals surface area contributed by atoms with Gasteiger partial charge in [0, 0.05) is 6.42 Å². The van der Waals surface area contributed by atoms with E-state index in [0.717, 1.165) is 12.8 Å². The molecule has 104 valence electrons. The van der Waals surface area contributed by atoms with Crippen LogP contribution >= 0.6 is 0 Å². The number of hydrogen-bond donors (Lipinski definition) is 1. The molecule has 1 N–H and O–H groups in total. The molecular weight excluding hydrogens is 254 g/mol. The minimum Gasteiger partial charge on any atom is -0.273 e. The first-order valence-electron chi connectivity index (χ1n) is 7.00. The Morgan fingerprint density at radius 2 is 2.05 bits per heavy atom. The average molecular weight is 271 g/mol. The molecule has 0 unspecified atom stereocenters. The molecule has 0 radical (unpaired) electrons. The Hall–Kier alpha value is -2.17. The standard InChI is InChI=1S/C15H17N3O2/c19-14(9-11-5-1-2-6-11)17-18-10-16-13-8-4-3-7-12(13)15(18)20/h3-4,7-8,10-11H,1-2,5-6,9H2,(H,17,19). The maximum atomic E-state index is 12.2. The van der Waals surface area contributed by atoms with Crippen molar-refractivity contribution in [2.45, 2.75) is 32.1 Å².